The maximum Gasteiger partial charge on any atom is 0.191 e. The molecule has 0 saturated carbocycles. The first kappa shape index (κ1) is 21.4. The number of thiazole rings is 1. The number of hydrogen-bond donors (Lipinski definition) is 2. The van der Waals surface area contributed by atoms with Crippen LogP contribution >= 0.6 is 46.7 Å². The molecule has 7 heteroatoms. The van der Waals surface area contributed by atoms with Gasteiger partial charge in [-0.2, -0.15) is 0 Å². The van der Waals surface area contributed by atoms with Crippen LogP contribution in [0.1, 0.15) is 49.2 Å². The second-order valence-electron chi connectivity index (χ2n) is 6.60. The maximum absolute atomic E-state index is 4.70. The molecule has 2 N–H and O–H groups in total. The molecule has 2 aromatic rings. The third kappa shape index (κ3) is 6.33. The number of thiophene rings is 1. The van der Waals surface area contributed by atoms with Crippen molar-refractivity contribution < 1.29 is 0 Å². The van der Waals surface area contributed by atoms with Crippen molar-refractivity contribution in [3.05, 3.63) is 38.5 Å². The first-order valence-corrected chi connectivity index (χ1v) is 9.59. The van der Waals surface area contributed by atoms with Crippen LogP contribution < -0.4 is 10.6 Å². The van der Waals surface area contributed by atoms with Crippen LogP contribution in [0.15, 0.2) is 27.9 Å². The SMILES string of the molecule is CN=C(NCc1nc(C(C)(C)C)cs1)NCC(C)c1cccs1.I. The summed E-state index contributed by atoms with van der Waals surface area (Å²) in [5.41, 5.74) is 1.25. The van der Waals surface area contributed by atoms with Gasteiger partial charge in [0.15, 0.2) is 5.96 Å². The third-order valence-electron chi connectivity index (χ3n) is 3.56. The number of aromatic nitrogens is 1. The number of aliphatic imine (C=N–C) groups is 1. The van der Waals surface area contributed by atoms with Gasteiger partial charge in [0.2, 0.25) is 0 Å². The highest BCUT2D eigenvalue weighted by atomic mass is 127. The van der Waals surface area contributed by atoms with Crippen LogP contribution in [0, 0.1) is 0 Å². The van der Waals surface area contributed by atoms with Crippen molar-refractivity contribution in [3.63, 3.8) is 0 Å². The molecular formula is C17H27IN4S2. The minimum Gasteiger partial charge on any atom is -0.356 e. The summed E-state index contributed by atoms with van der Waals surface area (Å²) in [7, 11) is 1.80. The molecule has 2 heterocycles. The molecule has 24 heavy (non-hydrogen) atoms. The molecule has 1 atom stereocenters. The first-order chi connectivity index (χ1) is 10.9. The minimum absolute atomic E-state index is 0. The largest absolute Gasteiger partial charge is 0.356 e. The zero-order valence-corrected chi connectivity index (χ0v) is 18.9. The molecule has 0 bridgehead atoms. The Labute approximate surface area is 170 Å². The molecule has 2 aromatic heterocycles. The van der Waals surface area contributed by atoms with E-state index in [0.29, 0.717) is 12.5 Å². The van der Waals surface area contributed by atoms with Crippen molar-refractivity contribution in [1.82, 2.24) is 15.6 Å². The summed E-state index contributed by atoms with van der Waals surface area (Å²) in [5.74, 6) is 1.29. The molecule has 0 saturated heterocycles. The molecule has 0 aliphatic carbocycles. The first-order valence-electron chi connectivity index (χ1n) is 7.83. The van der Waals surface area contributed by atoms with Crippen LogP contribution in [0.2, 0.25) is 0 Å². The van der Waals surface area contributed by atoms with E-state index in [-0.39, 0.29) is 29.4 Å². The minimum atomic E-state index is 0. The average Bonchev–Trinajstić information content (AvgIpc) is 3.18. The van der Waals surface area contributed by atoms with Gasteiger partial charge in [0.1, 0.15) is 5.01 Å². The van der Waals surface area contributed by atoms with Gasteiger partial charge in [-0.15, -0.1) is 46.7 Å². The molecule has 0 aliphatic heterocycles. The lowest BCUT2D eigenvalue weighted by molar-refractivity contribution is 0.570. The molecule has 0 amide bonds. The summed E-state index contributed by atoms with van der Waals surface area (Å²) < 4.78 is 0. The highest BCUT2D eigenvalue weighted by molar-refractivity contribution is 14.0. The second-order valence-corrected chi connectivity index (χ2v) is 8.52. The molecular weight excluding hydrogens is 451 g/mol. The second kappa shape index (κ2) is 9.72. The Kier molecular flexibility index (Phi) is 8.66. The lowest BCUT2D eigenvalue weighted by Gasteiger charge is -2.15. The molecule has 0 radical (unpaired) electrons. The molecule has 0 aliphatic rings. The van der Waals surface area contributed by atoms with Gasteiger partial charge < -0.3 is 10.6 Å². The summed E-state index contributed by atoms with van der Waals surface area (Å²) in [6.45, 7) is 10.4. The lowest BCUT2D eigenvalue weighted by Crippen LogP contribution is -2.38. The topological polar surface area (TPSA) is 49.3 Å². The molecule has 0 spiro atoms. The number of nitrogens with one attached hydrogen (secondary N) is 2. The third-order valence-corrected chi connectivity index (χ3v) is 5.51. The molecule has 0 fully saturated rings. The van der Waals surface area contributed by atoms with Gasteiger partial charge in [-0.1, -0.05) is 33.8 Å². The Morgan fingerprint density at radius 1 is 1.29 bits per heavy atom. The summed E-state index contributed by atoms with van der Waals surface area (Å²) in [6.07, 6.45) is 0. The number of halogens is 1. The van der Waals surface area contributed by atoms with Gasteiger partial charge in [-0.25, -0.2) is 4.98 Å². The highest BCUT2D eigenvalue weighted by Crippen LogP contribution is 2.23. The van der Waals surface area contributed by atoms with Crippen LogP contribution in [0.3, 0.4) is 0 Å². The Morgan fingerprint density at radius 2 is 2.04 bits per heavy atom. The Balaban J connectivity index is 0.00000288. The summed E-state index contributed by atoms with van der Waals surface area (Å²) in [4.78, 5) is 10.4. The van der Waals surface area contributed by atoms with E-state index < -0.39 is 0 Å². The van der Waals surface area contributed by atoms with Crippen molar-refractivity contribution >= 4 is 52.6 Å². The van der Waals surface area contributed by atoms with Gasteiger partial charge in [-0.05, 0) is 11.4 Å². The van der Waals surface area contributed by atoms with Crippen molar-refractivity contribution in [2.24, 2.45) is 4.99 Å². The standard InChI is InChI=1S/C17H26N4S2.HI/c1-12(13-7-6-8-22-13)9-19-16(18-5)20-10-15-21-14(11-23-15)17(2,3)4;/h6-8,11-12H,9-10H2,1-5H3,(H2,18,19,20);1H. The molecule has 134 valence electrons. The highest BCUT2D eigenvalue weighted by Gasteiger charge is 2.17. The Bertz CT molecular complexity index is 629. The molecule has 2 rings (SSSR count). The number of guanidine groups is 1. The molecule has 4 nitrogen and oxygen atoms in total. The number of nitrogens with zero attached hydrogens (tertiary/aromatic N) is 2. The normalized spacial score (nSPS) is 13.3. The predicted octanol–water partition coefficient (Wildman–Crippen LogP) is 4.59. The fraction of sp³-hybridized carbons (Fsp3) is 0.529. The van der Waals surface area contributed by atoms with E-state index >= 15 is 0 Å². The Morgan fingerprint density at radius 3 is 2.58 bits per heavy atom. The van der Waals surface area contributed by atoms with E-state index in [1.807, 2.05) is 0 Å². The van der Waals surface area contributed by atoms with Crippen molar-refractivity contribution in [2.75, 3.05) is 13.6 Å². The van der Waals surface area contributed by atoms with Crippen molar-refractivity contribution in [1.29, 1.82) is 0 Å². The van der Waals surface area contributed by atoms with Gasteiger partial charge in [0.25, 0.3) is 0 Å². The van der Waals surface area contributed by atoms with Crippen molar-refractivity contribution in [2.45, 2.75) is 45.6 Å². The van der Waals surface area contributed by atoms with Crippen LogP contribution in [-0.4, -0.2) is 24.5 Å². The van der Waals surface area contributed by atoms with Gasteiger partial charge >= 0.3 is 0 Å². The average molecular weight is 478 g/mol. The van der Waals surface area contributed by atoms with E-state index in [0.717, 1.165) is 23.2 Å². The van der Waals surface area contributed by atoms with Crippen LogP contribution in [-0.2, 0) is 12.0 Å². The number of rotatable bonds is 5. The van der Waals surface area contributed by atoms with Crippen LogP contribution in [0.4, 0.5) is 0 Å². The van der Waals surface area contributed by atoms with Crippen LogP contribution in [0.25, 0.3) is 0 Å². The fourth-order valence-corrected chi connectivity index (χ4v) is 3.79. The van der Waals surface area contributed by atoms with Gasteiger partial charge in [0.05, 0.1) is 12.2 Å². The predicted molar refractivity (Wildman–Crippen MR) is 117 cm³/mol. The summed E-state index contributed by atoms with van der Waals surface area (Å²) in [5, 5.41) is 12.1. The zero-order chi connectivity index (χ0) is 16.9. The summed E-state index contributed by atoms with van der Waals surface area (Å²) >= 11 is 3.49. The van der Waals surface area contributed by atoms with E-state index in [9.17, 15) is 0 Å². The number of hydrogen-bond acceptors (Lipinski definition) is 4. The fourth-order valence-electron chi connectivity index (χ4n) is 2.04. The lowest BCUT2D eigenvalue weighted by atomic mass is 9.93. The van der Waals surface area contributed by atoms with Crippen molar-refractivity contribution in [3.8, 4) is 0 Å². The summed E-state index contributed by atoms with van der Waals surface area (Å²) in [6, 6.07) is 4.27. The van der Waals surface area contributed by atoms with E-state index in [4.69, 9.17) is 4.98 Å². The Hall–Kier alpha value is -0.670. The van der Waals surface area contributed by atoms with E-state index in [1.165, 1.54) is 4.88 Å². The maximum atomic E-state index is 4.70. The molecule has 0 aromatic carbocycles. The van der Waals surface area contributed by atoms with E-state index in [2.05, 4.69) is 66.2 Å². The van der Waals surface area contributed by atoms with Crippen LogP contribution in [0.5, 0.6) is 0 Å². The smallest absolute Gasteiger partial charge is 0.191 e. The molecule has 1 unspecified atom stereocenters. The quantitative estimate of drug-likeness (QED) is 0.376. The van der Waals surface area contributed by atoms with Gasteiger partial charge in [0, 0.05) is 35.2 Å². The van der Waals surface area contributed by atoms with E-state index in [1.54, 1.807) is 29.7 Å². The zero-order valence-electron chi connectivity index (χ0n) is 14.9. The monoisotopic (exact) mass is 478 g/mol. The van der Waals surface area contributed by atoms with Gasteiger partial charge in [-0.3, -0.25) is 4.99 Å².